The van der Waals surface area contributed by atoms with Crippen LogP contribution in [-0.2, 0) is 13.1 Å². The van der Waals surface area contributed by atoms with E-state index in [1.54, 1.807) is 6.07 Å². The van der Waals surface area contributed by atoms with Crippen LogP contribution in [0.3, 0.4) is 0 Å². The van der Waals surface area contributed by atoms with Crippen LogP contribution in [0.25, 0.3) is 0 Å². The smallest absolute Gasteiger partial charge is 0.422 e. The van der Waals surface area contributed by atoms with Crippen molar-refractivity contribution < 1.29 is 17.9 Å². The Morgan fingerprint density at radius 2 is 2.00 bits per heavy atom. The lowest BCUT2D eigenvalue weighted by molar-refractivity contribution is -0.154. The molecule has 0 fully saturated rings. The highest BCUT2D eigenvalue weighted by atomic mass is 19.4. The fourth-order valence-corrected chi connectivity index (χ4v) is 2.08. The monoisotopic (exact) mass is 369 g/mol. The zero-order valence-electron chi connectivity index (χ0n) is 14.5. The lowest BCUT2D eigenvalue weighted by atomic mass is 10.3. The van der Waals surface area contributed by atoms with Gasteiger partial charge in [0.2, 0.25) is 5.88 Å². The van der Waals surface area contributed by atoms with Gasteiger partial charge in [-0.25, -0.2) is 9.98 Å². The van der Waals surface area contributed by atoms with Crippen LogP contribution in [0, 0.1) is 0 Å². The normalized spacial score (nSPS) is 12.1. The molecule has 26 heavy (non-hydrogen) atoms. The first-order valence-electron chi connectivity index (χ1n) is 8.23. The SMILES string of the molecule is CCNC(=NCc1ccc(OCC(F)(F)F)nc1)NCCn1cccc1. The molecule has 0 aliphatic carbocycles. The quantitative estimate of drug-likeness (QED) is 0.555. The molecule has 2 heterocycles. The average Bonchev–Trinajstić information content (AvgIpc) is 3.11. The highest BCUT2D eigenvalue weighted by Crippen LogP contribution is 2.17. The molecule has 0 spiro atoms. The number of aliphatic imine (C=N–C) groups is 1. The summed E-state index contributed by atoms with van der Waals surface area (Å²) in [5.41, 5.74) is 0.770. The summed E-state index contributed by atoms with van der Waals surface area (Å²) in [5, 5.41) is 6.37. The van der Waals surface area contributed by atoms with Crippen LogP contribution < -0.4 is 15.4 Å². The van der Waals surface area contributed by atoms with Crippen LogP contribution in [0.5, 0.6) is 5.88 Å². The van der Waals surface area contributed by atoms with E-state index in [1.165, 1.54) is 12.3 Å². The van der Waals surface area contributed by atoms with Crippen molar-refractivity contribution in [2.24, 2.45) is 4.99 Å². The van der Waals surface area contributed by atoms with Crippen molar-refractivity contribution in [2.75, 3.05) is 19.7 Å². The van der Waals surface area contributed by atoms with Gasteiger partial charge in [-0.05, 0) is 24.6 Å². The zero-order valence-corrected chi connectivity index (χ0v) is 14.5. The van der Waals surface area contributed by atoms with E-state index < -0.39 is 12.8 Å². The molecule has 2 N–H and O–H groups in total. The molecule has 0 bridgehead atoms. The van der Waals surface area contributed by atoms with E-state index in [2.05, 4.69) is 29.9 Å². The number of pyridine rings is 1. The Balaban J connectivity index is 1.83. The van der Waals surface area contributed by atoms with E-state index in [1.807, 2.05) is 31.5 Å². The van der Waals surface area contributed by atoms with E-state index in [0.29, 0.717) is 19.0 Å². The van der Waals surface area contributed by atoms with Crippen molar-refractivity contribution in [1.29, 1.82) is 0 Å². The number of hydrogen-bond acceptors (Lipinski definition) is 3. The van der Waals surface area contributed by atoms with Gasteiger partial charge in [-0.1, -0.05) is 6.07 Å². The number of ether oxygens (including phenoxy) is 1. The third kappa shape index (κ3) is 7.45. The third-order valence-corrected chi connectivity index (χ3v) is 3.27. The summed E-state index contributed by atoms with van der Waals surface area (Å²) < 4.78 is 43.0. The predicted molar refractivity (Wildman–Crippen MR) is 93.0 cm³/mol. The minimum Gasteiger partial charge on any atom is -0.468 e. The van der Waals surface area contributed by atoms with E-state index >= 15 is 0 Å². The molecule has 2 aromatic rings. The maximum Gasteiger partial charge on any atom is 0.422 e. The maximum atomic E-state index is 12.1. The van der Waals surface area contributed by atoms with Crippen LogP contribution in [-0.4, -0.2) is 41.4 Å². The number of rotatable bonds is 8. The number of guanidine groups is 1. The zero-order chi connectivity index (χ0) is 18.8. The van der Waals surface area contributed by atoms with Gasteiger partial charge in [0.25, 0.3) is 0 Å². The van der Waals surface area contributed by atoms with E-state index in [0.717, 1.165) is 18.7 Å². The summed E-state index contributed by atoms with van der Waals surface area (Å²) >= 11 is 0. The van der Waals surface area contributed by atoms with Crippen molar-refractivity contribution in [3.05, 3.63) is 48.4 Å². The van der Waals surface area contributed by atoms with Crippen molar-refractivity contribution >= 4 is 5.96 Å². The molecule has 0 aromatic carbocycles. The van der Waals surface area contributed by atoms with Gasteiger partial charge < -0.3 is 19.9 Å². The Hall–Kier alpha value is -2.71. The standard InChI is InChI=1S/C17H22F3N5O/c1-2-21-16(22-7-10-25-8-3-4-9-25)24-12-14-5-6-15(23-11-14)26-13-17(18,19)20/h3-6,8-9,11H,2,7,10,12-13H2,1H3,(H2,21,22,24). The van der Waals surface area contributed by atoms with Gasteiger partial charge in [0, 0.05) is 44.3 Å². The Kier molecular flexibility index (Phi) is 7.31. The lowest BCUT2D eigenvalue weighted by Gasteiger charge is -2.12. The lowest BCUT2D eigenvalue weighted by Crippen LogP contribution is -2.38. The summed E-state index contributed by atoms with van der Waals surface area (Å²) in [6.07, 6.45) is 1.05. The molecule has 2 rings (SSSR count). The predicted octanol–water partition coefficient (Wildman–Crippen LogP) is 2.58. The minimum atomic E-state index is -4.38. The summed E-state index contributed by atoms with van der Waals surface area (Å²) in [6, 6.07) is 6.98. The molecule has 142 valence electrons. The van der Waals surface area contributed by atoms with Crippen molar-refractivity contribution in [1.82, 2.24) is 20.2 Å². The van der Waals surface area contributed by atoms with Crippen molar-refractivity contribution in [2.45, 2.75) is 26.2 Å². The second kappa shape index (κ2) is 9.69. The fraction of sp³-hybridized carbons (Fsp3) is 0.412. The number of nitrogens with zero attached hydrogens (tertiary/aromatic N) is 3. The Morgan fingerprint density at radius 1 is 1.23 bits per heavy atom. The largest absolute Gasteiger partial charge is 0.468 e. The Labute approximate surface area is 150 Å². The number of halogens is 3. The summed E-state index contributed by atoms with van der Waals surface area (Å²) in [5.74, 6) is 0.601. The number of hydrogen-bond donors (Lipinski definition) is 2. The number of nitrogens with one attached hydrogen (secondary N) is 2. The Bertz CT molecular complexity index is 669. The molecule has 0 saturated carbocycles. The van der Waals surface area contributed by atoms with Gasteiger partial charge >= 0.3 is 6.18 Å². The molecule has 0 unspecified atom stereocenters. The van der Waals surface area contributed by atoms with Crippen molar-refractivity contribution in [3.8, 4) is 5.88 Å². The Morgan fingerprint density at radius 3 is 2.62 bits per heavy atom. The average molecular weight is 369 g/mol. The van der Waals surface area contributed by atoms with Crippen molar-refractivity contribution in [3.63, 3.8) is 0 Å². The molecule has 6 nitrogen and oxygen atoms in total. The minimum absolute atomic E-state index is 0.0631. The number of alkyl halides is 3. The molecule has 9 heteroatoms. The first kappa shape index (κ1) is 19.6. The van der Waals surface area contributed by atoms with E-state index in [-0.39, 0.29) is 5.88 Å². The van der Waals surface area contributed by atoms with Gasteiger partial charge in [-0.15, -0.1) is 0 Å². The van der Waals surface area contributed by atoms with Gasteiger partial charge in [-0.3, -0.25) is 0 Å². The second-order valence-corrected chi connectivity index (χ2v) is 5.45. The maximum absolute atomic E-state index is 12.1. The van der Waals surface area contributed by atoms with Gasteiger partial charge in [-0.2, -0.15) is 13.2 Å². The fourth-order valence-electron chi connectivity index (χ4n) is 2.08. The highest BCUT2D eigenvalue weighted by molar-refractivity contribution is 5.79. The molecular weight excluding hydrogens is 347 g/mol. The molecule has 0 saturated heterocycles. The topological polar surface area (TPSA) is 63.5 Å². The molecular formula is C17H22F3N5O. The highest BCUT2D eigenvalue weighted by Gasteiger charge is 2.28. The van der Waals surface area contributed by atoms with Crippen LogP contribution in [0.4, 0.5) is 13.2 Å². The van der Waals surface area contributed by atoms with Crippen LogP contribution in [0.1, 0.15) is 12.5 Å². The van der Waals surface area contributed by atoms with Crippen LogP contribution in [0.15, 0.2) is 47.8 Å². The molecule has 2 aromatic heterocycles. The molecule has 0 atom stereocenters. The number of aromatic nitrogens is 2. The van der Waals surface area contributed by atoms with Gasteiger partial charge in [0.05, 0.1) is 6.54 Å². The first-order chi connectivity index (χ1) is 12.5. The van der Waals surface area contributed by atoms with Gasteiger partial charge in [0.1, 0.15) is 0 Å². The third-order valence-electron chi connectivity index (χ3n) is 3.27. The van der Waals surface area contributed by atoms with Crippen LogP contribution in [0.2, 0.25) is 0 Å². The molecule has 0 radical (unpaired) electrons. The molecule has 0 aliphatic rings. The van der Waals surface area contributed by atoms with E-state index in [4.69, 9.17) is 0 Å². The molecule has 0 aliphatic heterocycles. The van der Waals surface area contributed by atoms with Crippen LogP contribution >= 0.6 is 0 Å². The van der Waals surface area contributed by atoms with E-state index in [9.17, 15) is 13.2 Å². The second-order valence-electron chi connectivity index (χ2n) is 5.45. The summed E-state index contributed by atoms with van der Waals surface area (Å²) in [7, 11) is 0. The van der Waals surface area contributed by atoms with Gasteiger partial charge in [0.15, 0.2) is 12.6 Å². The first-order valence-corrected chi connectivity index (χ1v) is 8.23. The summed E-state index contributed by atoms with van der Waals surface area (Å²) in [4.78, 5) is 8.31. The summed E-state index contributed by atoms with van der Waals surface area (Å²) in [6.45, 7) is 3.21. The molecule has 0 amide bonds.